The highest BCUT2D eigenvalue weighted by Crippen LogP contribution is 2.38. The summed E-state index contributed by atoms with van der Waals surface area (Å²) in [5.74, 6) is 1.53. The van der Waals surface area contributed by atoms with E-state index in [0.29, 0.717) is 27.8 Å². The molecule has 6 rings (SSSR count). The smallest absolute Gasteiger partial charge is 0.239 e. The molecule has 4 nitrogen and oxygen atoms in total. The maximum Gasteiger partial charge on any atom is 0.239 e. The molecule has 6 heteroatoms. The molecule has 0 N–H and O–H groups in total. The van der Waals surface area contributed by atoms with Crippen molar-refractivity contribution in [3.8, 4) is 39.9 Å². The van der Waals surface area contributed by atoms with Gasteiger partial charge < -0.3 is 0 Å². The van der Waals surface area contributed by atoms with Gasteiger partial charge in [0.25, 0.3) is 0 Å². The van der Waals surface area contributed by atoms with Gasteiger partial charge in [0.1, 0.15) is 5.15 Å². The average molecular weight is 493 g/mol. The molecular formula is C29H18Cl2N4. The number of fused-ring (bicyclic) bond motifs is 1. The van der Waals surface area contributed by atoms with Crippen LogP contribution in [0.2, 0.25) is 10.2 Å². The van der Waals surface area contributed by atoms with Gasteiger partial charge in [0.2, 0.25) is 5.95 Å². The molecule has 0 bridgehead atoms. The van der Waals surface area contributed by atoms with Crippen molar-refractivity contribution < 1.29 is 0 Å². The number of benzene rings is 4. The zero-order chi connectivity index (χ0) is 23.8. The third-order valence-electron chi connectivity index (χ3n) is 5.85. The highest BCUT2D eigenvalue weighted by molar-refractivity contribution is 6.45. The Labute approximate surface area is 212 Å². The second kappa shape index (κ2) is 8.99. The van der Waals surface area contributed by atoms with Crippen LogP contribution in [0.3, 0.4) is 0 Å². The van der Waals surface area contributed by atoms with E-state index in [2.05, 4.69) is 18.2 Å². The molecule has 35 heavy (non-hydrogen) atoms. The Balaban J connectivity index is 1.58. The number of hydrogen-bond acceptors (Lipinski definition) is 3. The molecule has 2 heterocycles. The van der Waals surface area contributed by atoms with E-state index < -0.39 is 0 Å². The molecule has 0 radical (unpaired) electrons. The van der Waals surface area contributed by atoms with E-state index in [4.69, 9.17) is 38.2 Å². The zero-order valence-electron chi connectivity index (χ0n) is 18.4. The van der Waals surface area contributed by atoms with Crippen LogP contribution in [0.4, 0.5) is 0 Å². The number of rotatable bonds is 4. The fraction of sp³-hybridized carbons (Fsp3) is 0. The summed E-state index contributed by atoms with van der Waals surface area (Å²) in [6.07, 6.45) is 0. The van der Waals surface area contributed by atoms with Crippen LogP contribution in [-0.4, -0.2) is 19.5 Å². The average Bonchev–Trinajstić information content (AvgIpc) is 3.19. The molecule has 0 aliphatic heterocycles. The second-order valence-electron chi connectivity index (χ2n) is 8.05. The summed E-state index contributed by atoms with van der Waals surface area (Å²) >= 11 is 13.5. The lowest BCUT2D eigenvalue weighted by atomic mass is 10.0. The van der Waals surface area contributed by atoms with Gasteiger partial charge in [-0.05, 0) is 23.3 Å². The molecular weight excluding hydrogens is 475 g/mol. The van der Waals surface area contributed by atoms with Gasteiger partial charge in [-0.15, -0.1) is 0 Å². The zero-order valence-corrected chi connectivity index (χ0v) is 19.9. The molecule has 168 valence electrons. The first-order chi connectivity index (χ1) is 17.2. The van der Waals surface area contributed by atoms with Crippen molar-refractivity contribution in [1.29, 1.82) is 0 Å². The molecule has 0 aliphatic rings. The molecule has 0 amide bonds. The lowest BCUT2D eigenvalue weighted by Gasteiger charge is -2.10. The van der Waals surface area contributed by atoms with Gasteiger partial charge in [0, 0.05) is 16.5 Å². The third-order valence-corrected chi connectivity index (χ3v) is 6.68. The Morgan fingerprint density at radius 3 is 1.57 bits per heavy atom. The van der Waals surface area contributed by atoms with Crippen LogP contribution < -0.4 is 0 Å². The van der Waals surface area contributed by atoms with E-state index in [1.807, 2.05) is 91.0 Å². The standard InChI is InChI=1S/C29H18Cl2N4/c30-25-23-18-22(19-10-4-1-5-11-19)16-17-24(23)35(26(25)31)29-33-27(20-12-6-2-7-13-20)32-28(34-29)21-14-8-3-9-15-21/h1-18H. The van der Waals surface area contributed by atoms with Gasteiger partial charge in [0.15, 0.2) is 11.6 Å². The van der Waals surface area contributed by atoms with Crippen LogP contribution in [0.5, 0.6) is 0 Å². The molecule has 0 unspecified atom stereocenters. The largest absolute Gasteiger partial charge is 0.267 e. The Kier molecular flexibility index (Phi) is 5.53. The Bertz CT molecular complexity index is 1590. The van der Waals surface area contributed by atoms with Gasteiger partial charge in [-0.25, -0.2) is 4.98 Å². The second-order valence-corrected chi connectivity index (χ2v) is 8.79. The minimum Gasteiger partial charge on any atom is -0.267 e. The van der Waals surface area contributed by atoms with Crippen molar-refractivity contribution in [2.24, 2.45) is 0 Å². The van der Waals surface area contributed by atoms with Crippen LogP contribution in [0.1, 0.15) is 0 Å². The van der Waals surface area contributed by atoms with Gasteiger partial charge in [0.05, 0.1) is 10.5 Å². The topological polar surface area (TPSA) is 43.6 Å². The van der Waals surface area contributed by atoms with E-state index in [0.717, 1.165) is 33.2 Å². The number of hydrogen-bond donors (Lipinski definition) is 0. The Hall–Kier alpha value is -3.99. The predicted molar refractivity (Wildman–Crippen MR) is 143 cm³/mol. The van der Waals surface area contributed by atoms with Crippen LogP contribution in [0, 0.1) is 0 Å². The SMILES string of the molecule is Clc1c(Cl)n(-c2nc(-c3ccccc3)nc(-c3ccccc3)n2)c2ccc(-c3ccccc3)cc12. The van der Waals surface area contributed by atoms with Gasteiger partial charge in [-0.3, -0.25) is 4.57 Å². The molecule has 0 aliphatic carbocycles. The summed E-state index contributed by atoms with van der Waals surface area (Å²) in [6, 6.07) is 35.9. The van der Waals surface area contributed by atoms with Gasteiger partial charge in [-0.1, -0.05) is 120 Å². The highest BCUT2D eigenvalue weighted by atomic mass is 35.5. The van der Waals surface area contributed by atoms with Crippen molar-refractivity contribution in [3.05, 3.63) is 119 Å². The summed E-state index contributed by atoms with van der Waals surface area (Å²) < 4.78 is 1.79. The van der Waals surface area contributed by atoms with Crippen LogP contribution in [0.25, 0.3) is 50.8 Å². The van der Waals surface area contributed by atoms with Crippen molar-refractivity contribution in [3.63, 3.8) is 0 Å². The summed E-state index contributed by atoms with van der Waals surface area (Å²) in [7, 11) is 0. The summed E-state index contributed by atoms with van der Waals surface area (Å²) in [6.45, 7) is 0. The van der Waals surface area contributed by atoms with Crippen molar-refractivity contribution in [2.75, 3.05) is 0 Å². The molecule has 4 aromatic carbocycles. The van der Waals surface area contributed by atoms with E-state index in [1.165, 1.54) is 0 Å². The maximum absolute atomic E-state index is 6.80. The first-order valence-electron chi connectivity index (χ1n) is 11.1. The fourth-order valence-electron chi connectivity index (χ4n) is 4.12. The van der Waals surface area contributed by atoms with Crippen molar-refractivity contribution >= 4 is 34.1 Å². The number of aromatic nitrogens is 4. The molecule has 2 aromatic heterocycles. The van der Waals surface area contributed by atoms with Crippen LogP contribution in [-0.2, 0) is 0 Å². The molecule has 0 fully saturated rings. The monoisotopic (exact) mass is 492 g/mol. The normalized spacial score (nSPS) is 11.1. The third kappa shape index (κ3) is 3.97. The van der Waals surface area contributed by atoms with E-state index in [9.17, 15) is 0 Å². The predicted octanol–water partition coefficient (Wildman–Crippen LogP) is 8.12. The van der Waals surface area contributed by atoms with E-state index in [-0.39, 0.29) is 0 Å². The van der Waals surface area contributed by atoms with Gasteiger partial charge in [-0.2, -0.15) is 9.97 Å². The summed E-state index contributed by atoms with van der Waals surface area (Å²) in [4.78, 5) is 14.4. The first-order valence-corrected chi connectivity index (χ1v) is 11.9. The van der Waals surface area contributed by atoms with E-state index >= 15 is 0 Å². The first kappa shape index (κ1) is 21.5. The van der Waals surface area contributed by atoms with Crippen LogP contribution in [0.15, 0.2) is 109 Å². The quantitative estimate of drug-likeness (QED) is 0.249. The number of halogens is 2. The van der Waals surface area contributed by atoms with Crippen molar-refractivity contribution in [2.45, 2.75) is 0 Å². The fourth-order valence-corrected chi connectivity index (χ4v) is 4.63. The maximum atomic E-state index is 6.80. The van der Waals surface area contributed by atoms with E-state index in [1.54, 1.807) is 4.57 Å². The minimum atomic E-state index is 0.358. The van der Waals surface area contributed by atoms with Crippen molar-refractivity contribution in [1.82, 2.24) is 19.5 Å². The molecule has 6 aromatic rings. The molecule has 0 atom stereocenters. The summed E-state index contributed by atoms with van der Waals surface area (Å²) in [5, 5.41) is 1.65. The Morgan fingerprint density at radius 2 is 1.03 bits per heavy atom. The van der Waals surface area contributed by atoms with Gasteiger partial charge >= 0.3 is 0 Å². The molecule has 0 saturated carbocycles. The lowest BCUT2D eigenvalue weighted by molar-refractivity contribution is 0.934. The minimum absolute atomic E-state index is 0.358. The lowest BCUT2D eigenvalue weighted by Crippen LogP contribution is -2.06. The summed E-state index contributed by atoms with van der Waals surface area (Å²) in [5.41, 5.74) is 4.76. The number of nitrogens with zero attached hydrogens (tertiary/aromatic N) is 4. The molecule has 0 saturated heterocycles. The highest BCUT2D eigenvalue weighted by Gasteiger charge is 2.20. The Morgan fingerprint density at radius 1 is 0.514 bits per heavy atom. The molecule has 0 spiro atoms. The van der Waals surface area contributed by atoms with Crippen LogP contribution >= 0.6 is 23.2 Å².